The van der Waals surface area contributed by atoms with Crippen LogP contribution < -0.4 is 5.32 Å². The van der Waals surface area contributed by atoms with Gasteiger partial charge in [0, 0.05) is 5.69 Å². The second kappa shape index (κ2) is 7.47. The van der Waals surface area contributed by atoms with Crippen molar-refractivity contribution < 1.29 is 19.1 Å². The summed E-state index contributed by atoms with van der Waals surface area (Å²) in [5, 5.41) is 2.62. The molecule has 1 aromatic carbocycles. The molecule has 1 amide bonds. The average Bonchev–Trinajstić information content (AvgIpc) is 2.36. The average molecular weight is 291 g/mol. The summed E-state index contributed by atoms with van der Waals surface area (Å²) in [5.41, 5.74) is 0.866. The van der Waals surface area contributed by atoms with E-state index >= 15 is 0 Å². The number of amides is 1. The standard InChI is InChI=1S/C16H21NO4/c1-5-10-20-14(18)11-12-6-8-13(9-7-12)17-15(19)21-16(2,3)4/h5-9H,1,10-11H2,2-4H3,(H,17,19). The van der Waals surface area contributed by atoms with Crippen molar-refractivity contribution in [3.8, 4) is 0 Å². The maximum Gasteiger partial charge on any atom is 0.412 e. The molecule has 0 aliphatic heterocycles. The zero-order valence-corrected chi connectivity index (χ0v) is 12.6. The van der Waals surface area contributed by atoms with Crippen LogP contribution in [0.1, 0.15) is 26.3 Å². The largest absolute Gasteiger partial charge is 0.461 e. The van der Waals surface area contributed by atoms with Crippen LogP contribution in [-0.2, 0) is 20.7 Å². The second-order valence-corrected chi connectivity index (χ2v) is 5.47. The van der Waals surface area contributed by atoms with Gasteiger partial charge in [0.25, 0.3) is 0 Å². The second-order valence-electron chi connectivity index (χ2n) is 5.47. The van der Waals surface area contributed by atoms with E-state index in [0.29, 0.717) is 5.69 Å². The normalized spacial score (nSPS) is 10.6. The van der Waals surface area contributed by atoms with E-state index in [2.05, 4.69) is 11.9 Å². The van der Waals surface area contributed by atoms with E-state index in [9.17, 15) is 9.59 Å². The number of anilines is 1. The predicted octanol–water partition coefficient (Wildman–Crippen LogP) is 3.31. The molecule has 0 bridgehead atoms. The van der Waals surface area contributed by atoms with Crippen LogP contribution in [0.4, 0.5) is 10.5 Å². The SMILES string of the molecule is C=CCOC(=O)Cc1ccc(NC(=O)OC(C)(C)C)cc1. The highest BCUT2D eigenvalue weighted by Gasteiger charge is 2.16. The van der Waals surface area contributed by atoms with Gasteiger partial charge in [-0.15, -0.1) is 0 Å². The van der Waals surface area contributed by atoms with Crippen molar-refractivity contribution >= 4 is 17.7 Å². The van der Waals surface area contributed by atoms with Crippen molar-refractivity contribution in [2.75, 3.05) is 11.9 Å². The molecule has 1 aromatic rings. The van der Waals surface area contributed by atoms with E-state index in [1.54, 1.807) is 45.0 Å². The molecule has 1 N–H and O–H groups in total. The summed E-state index contributed by atoms with van der Waals surface area (Å²) in [4.78, 5) is 23.0. The Balaban J connectivity index is 2.52. The number of ether oxygens (including phenoxy) is 2. The van der Waals surface area contributed by atoms with E-state index in [0.717, 1.165) is 5.56 Å². The third kappa shape index (κ3) is 7.15. The van der Waals surface area contributed by atoms with E-state index in [-0.39, 0.29) is 19.0 Å². The van der Waals surface area contributed by atoms with Crippen LogP contribution in [0, 0.1) is 0 Å². The number of nitrogens with one attached hydrogen (secondary N) is 1. The van der Waals surface area contributed by atoms with E-state index < -0.39 is 11.7 Å². The summed E-state index contributed by atoms with van der Waals surface area (Å²) in [6.07, 6.45) is 1.19. The van der Waals surface area contributed by atoms with Crippen LogP contribution in [0.3, 0.4) is 0 Å². The monoisotopic (exact) mass is 291 g/mol. The van der Waals surface area contributed by atoms with Crippen LogP contribution in [0.15, 0.2) is 36.9 Å². The van der Waals surface area contributed by atoms with Crippen LogP contribution >= 0.6 is 0 Å². The maximum atomic E-state index is 11.6. The number of rotatable bonds is 5. The predicted molar refractivity (Wildman–Crippen MR) is 81.2 cm³/mol. The van der Waals surface area contributed by atoms with E-state index in [1.165, 1.54) is 6.08 Å². The van der Waals surface area contributed by atoms with Gasteiger partial charge in [0.1, 0.15) is 12.2 Å². The van der Waals surface area contributed by atoms with Crippen molar-refractivity contribution in [3.05, 3.63) is 42.5 Å². The molecule has 0 spiro atoms. The molecule has 0 aliphatic carbocycles. The molecule has 0 aromatic heterocycles. The Morgan fingerprint density at radius 2 is 1.86 bits per heavy atom. The van der Waals surface area contributed by atoms with E-state index in [4.69, 9.17) is 9.47 Å². The third-order valence-corrected chi connectivity index (χ3v) is 2.31. The Kier molecular flexibility index (Phi) is 5.96. The molecular weight excluding hydrogens is 270 g/mol. The van der Waals surface area contributed by atoms with Crippen LogP contribution in [0.5, 0.6) is 0 Å². The fourth-order valence-electron chi connectivity index (χ4n) is 1.50. The van der Waals surface area contributed by atoms with Gasteiger partial charge in [-0.25, -0.2) is 4.79 Å². The van der Waals surface area contributed by atoms with Gasteiger partial charge in [0.2, 0.25) is 0 Å². The zero-order valence-electron chi connectivity index (χ0n) is 12.6. The molecule has 5 heteroatoms. The first kappa shape index (κ1) is 16.8. The molecule has 0 fully saturated rings. The van der Waals surface area contributed by atoms with Crippen molar-refractivity contribution in [1.29, 1.82) is 0 Å². The summed E-state index contributed by atoms with van der Waals surface area (Å²) in [7, 11) is 0. The van der Waals surface area contributed by atoms with Gasteiger partial charge in [0.15, 0.2) is 0 Å². The van der Waals surface area contributed by atoms with Gasteiger partial charge in [0.05, 0.1) is 6.42 Å². The first-order valence-electron chi connectivity index (χ1n) is 6.65. The Morgan fingerprint density at radius 1 is 1.24 bits per heavy atom. The lowest BCUT2D eigenvalue weighted by molar-refractivity contribution is -0.141. The summed E-state index contributed by atoms with van der Waals surface area (Å²) in [5.74, 6) is -0.317. The lowest BCUT2D eigenvalue weighted by Gasteiger charge is -2.19. The van der Waals surface area contributed by atoms with Gasteiger partial charge in [-0.05, 0) is 38.5 Å². The number of benzene rings is 1. The van der Waals surface area contributed by atoms with Crippen molar-refractivity contribution in [1.82, 2.24) is 0 Å². The van der Waals surface area contributed by atoms with Gasteiger partial charge in [-0.2, -0.15) is 0 Å². The van der Waals surface area contributed by atoms with E-state index in [1.807, 2.05) is 0 Å². The highest BCUT2D eigenvalue weighted by Crippen LogP contribution is 2.13. The highest BCUT2D eigenvalue weighted by atomic mass is 16.6. The fourth-order valence-corrected chi connectivity index (χ4v) is 1.50. The minimum Gasteiger partial charge on any atom is -0.461 e. The topological polar surface area (TPSA) is 64.6 Å². The molecule has 0 saturated heterocycles. The minimum atomic E-state index is -0.543. The van der Waals surface area contributed by atoms with Crippen molar-refractivity contribution in [2.45, 2.75) is 32.8 Å². The van der Waals surface area contributed by atoms with Gasteiger partial charge in [-0.3, -0.25) is 10.1 Å². The fraction of sp³-hybridized carbons (Fsp3) is 0.375. The Bertz CT molecular complexity index is 500. The molecule has 0 radical (unpaired) electrons. The molecule has 5 nitrogen and oxygen atoms in total. The first-order chi connectivity index (χ1) is 9.80. The van der Waals surface area contributed by atoms with Crippen molar-refractivity contribution in [2.24, 2.45) is 0 Å². The summed E-state index contributed by atoms with van der Waals surface area (Å²) < 4.78 is 10.0. The summed E-state index contributed by atoms with van der Waals surface area (Å²) in [6.45, 7) is 9.07. The van der Waals surface area contributed by atoms with Gasteiger partial charge >= 0.3 is 12.1 Å². The lowest BCUT2D eigenvalue weighted by atomic mass is 10.1. The molecule has 0 heterocycles. The lowest BCUT2D eigenvalue weighted by Crippen LogP contribution is -2.27. The molecule has 0 aliphatic rings. The van der Waals surface area contributed by atoms with Gasteiger partial charge in [-0.1, -0.05) is 24.8 Å². The Hall–Kier alpha value is -2.30. The maximum absolute atomic E-state index is 11.6. The molecule has 0 unspecified atom stereocenters. The number of esters is 1. The molecule has 114 valence electrons. The summed E-state index contributed by atoms with van der Waals surface area (Å²) in [6, 6.07) is 6.92. The molecule has 0 saturated carbocycles. The number of carbonyl (C=O) groups is 2. The number of hydrogen-bond acceptors (Lipinski definition) is 4. The first-order valence-corrected chi connectivity index (χ1v) is 6.65. The van der Waals surface area contributed by atoms with Crippen LogP contribution in [0.25, 0.3) is 0 Å². The molecular formula is C16H21NO4. The highest BCUT2D eigenvalue weighted by molar-refractivity contribution is 5.85. The van der Waals surface area contributed by atoms with Crippen LogP contribution in [0.2, 0.25) is 0 Å². The molecule has 0 atom stereocenters. The van der Waals surface area contributed by atoms with Crippen molar-refractivity contribution in [3.63, 3.8) is 0 Å². The molecule has 21 heavy (non-hydrogen) atoms. The Morgan fingerprint density at radius 3 is 2.38 bits per heavy atom. The van der Waals surface area contributed by atoms with Gasteiger partial charge < -0.3 is 9.47 Å². The van der Waals surface area contributed by atoms with Crippen LogP contribution in [-0.4, -0.2) is 24.3 Å². The summed E-state index contributed by atoms with van der Waals surface area (Å²) >= 11 is 0. The third-order valence-electron chi connectivity index (χ3n) is 2.31. The quantitative estimate of drug-likeness (QED) is 0.667. The smallest absolute Gasteiger partial charge is 0.412 e. The molecule has 1 rings (SSSR count). The number of hydrogen-bond donors (Lipinski definition) is 1. The zero-order chi connectivity index (χ0) is 15.9. The Labute approximate surface area is 124 Å². The minimum absolute atomic E-state index is 0.181. The number of carbonyl (C=O) groups excluding carboxylic acids is 2.